The van der Waals surface area contributed by atoms with Gasteiger partial charge >= 0.3 is 0 Å². The zero-order valence-corrected chi connectivity index (χ0v) is 29.0. The van der Waals surface area contributed by atoms with Gasteiger partial charge in [-0.1, -0.05) is 96.9 Å². The lowest BCUT2D eigenvalue weighted by atomic mass is 10.0. The number of benzene rings is 2. The third kappa shape index (κ3) is 13.5. The first-order valence-electron chi connectivity index (χ1n) is 15.9. The van der Waals surface area contributed by atoms with Crippen molar-refractivity contribution in [3.63, 3.8) is 0 Å². The highest BCUT2D eigenvalue weighted by molar-refractivity contribution is 8.76. The smallest absolute Gasteiger partial charge is 0.227 e. The molecule has 0 aromatic heterocycles. The fourth-order valence-corrected chi connectivity index (χ4v) is 7.54. The number of unbranched alkanes of at least 4 members (excludes halogenated alkanes) is 4. The fraction of sp³-hybridized carbons (Fsp3) is 0.514. The van der Waals surface area contributed by atoms with Crippen molar-refractivity contribution in [3.8, 4) is 11.8 Å². The van der Waals surface area contributed by atoms with Crippen LogP contribution in [0.3, 0.4) is 0 Å². The van der Waals surface area contributed by atoms with Crippen LogP contribution in [0.4, 0.5) is 5.69 Å². The molecule has 0 radical (unpaired) electrons. The second-order valence-corrected chi connectivity index (χ2v) is 16.5. The van der Waals surface area contributed by atoms with E-state index in [1.165, 1.54) is 0 Å². The summed E-state index contributed by atoms with van der Waals surface area (Å²) in [5, 5.41) is 0. The van der Waals surface area contributed by atoms with E-state index in [2.05, 4.69) is 11.8 Å². The van der Waals surface area contributed by atoms with Gasteiger partial charge < -0.3 is 18.9 Å². The molecular weight excluding hydrogens is 625 g/mol. The molecule has 244 valence electrons. The Morgan fingerprint density at radius 1 is 0.800 bits per heavy atom. The van der Waals surface area contributed by atoms with Crippen molar-refractivity contribution in [2.24, 2.45) is 0 Å². The molecule has 2 aromatic rings. The van der Waals surface area contributed by atoms with Gasteiger partial charge in [0.05, 0.1) is 18.8 Å². The fourth-order valence-electron chi connectivity index (χ4n) is 4.74. The van der Waals surface area contributed by atoms with Gasteiger partial charge in [-0.25, -0.2) is 0 Å². The lowest BCUT2D eigenvalue weighted by Gasteiger charge is -2.26. The SMILES string of the molecule is CC(C)P(=O)([O-])OCCCCCCCC(=O)CCSSCCCC(=O)CCC(=O)N1Cc2ccccc2C#Cc2ccccc21. The molecule has 0 N–H and O–H groups in total. The summed E-state index contributed by atoms with van der Waals surface area (Å²) in [7, 11) is -0.365. The summed E-state index contributed by atoms with van der Waals surface area (Å²) in [5.41, 5.74) is 3.00. The molecule has 0 fully saturated rings. The van der Waals surface area contributed by atoms with Crippen molar-refractivity contribution < 1.29 is 28.4 Å². The van der Waals surface area contributed by atoms with Crippen molar-refractivity contribution in [1.29, 1.82) is 0 Å². The maximum Gasteiger partial charge on any atom is 0.227 e. The molecule has 1 amide bonds. The summed E-state index contributed by atoms with van der Waals surface area (Å²) in [5.74, 6) is 8.31. The average Bonchev–Trinajstić information content (AvgIpc) is 3.01. The molecule has 3 rings (SSSR count). The van der Waals surface area contributed by atoms with Gasteiger partial charge in [-0.3, -0.25) is 14.4 Å². The standard InChI is InChI=1S/C35H46NO6PS2/c1-28(2)43(40,41)42-24-11-5-3-4-6-16-33(38)23-26-45-44-25-12-17-32(37)21-22-35(39)36-27-31-15-8-7-13-29(31)19-20-30-14-9-10-18-34(30)36/h7-10,13-15,18,28H,3-6,11-12,16-17,21-27H2,1-2H3,(H,40,41)/p-1. The molecule has 0 aliphatic carbocycles. The Balaban J connectivity index is 1.22. The second kappa shape index (κ2) is 20.0. The van der Waals surface area contributed by atoms with Gasteiger partial charge in [0.25, 0.3) is 0 Å². The van der Waals surface area contributed by atoms with Crippen molar-refractivity contribution in [2.75, 3.05) is 23.0 Å². The van der Waals surface area contributed by atoms with Crippen LogP contribution in [0.15, 0.2) is 48.5 Å². The summed E-state index contributed by atoms with van der Waals surface area (Å²) in [6, 6.07) is 15.5. The minimum absolute atomic E-state index is 0.0755. The van der Waals surface area contributed by atoms with Crippen LogP contribution in [-0.2, 0) is 30.0 Å². The van der Waals surface area contributed by atoms with Crippen LogP contribution >= 0.6 is 29.2 Å². The number of para-hydroxylation sites is 1. The molecule has 0 saturated heterocycles. The molecule has 2 aromatic carbocycles. The summed E-state index contributed by atoms with van der Waals surface area (Å²) in [6.45, 7) is 3.90. The third-order valence-corrected chi connectivity index (χ3v) is 11.8. The van der Waals surface area contributed by atoms with Crippen molar-refractivity contribution in [3.05, 3.63) is 65.2 Å². The van der Waals surface area contributed by atoms with Crippen LogP contribution in [0.2, 0.25) is 0 Å². The predicted molar refractivity (Wildman–Crippen MR) is 184 cm³/mol. The maximum atomic E-state index is 13.3. The number of rotatable bonds is 21. The first kappa shape index (κ1) is 37.1. The molecule has 0 saturated carbocycles. The summed E-state index contributed by atoms with van der Waals surface area (Å²) in [4.78, 5) is 51.4. The molecule has 1 aliphatic rings. The molecule has 0 spiro atoms. The number of Topliss-reactive ketones (excluding diaryl/α,β-unsaturated/α-hetero) is 2. The van der Waals surface area contributed by atoms with E-state index in [0.29, 0.717) is 32.2 Å². The van der Waals surface area contributed by atoms with Crippen molar-refractivity contribution in [1.82, 2.24) is 0 Å². The van der Waals surface area contributed by atoms with E-state index in [4.69, 9.17) is 4.52 Å². The number of anilines is 1. The zero-order valence-electron chi connectivity index (χ0n) is 26.5. The van der Waals surface area contributed by atoms with E-state index in [0.717, 1.165) is 66.0 Å². The number of hydrogen-bond donors (Lipinski definition) is 0. The Bertz CT molecular complexity index is 1390. The van der Waals surface area contributed by atoms with Gasteiger partial charge in [0, 0.05) is 60.4 Å². The molecule has 1 heterocycles. The predicted octanol–water partition coefficient (Wildman–Crippen LogP) is 7.72. The number of fused-ring (bicyclic) bond motifs is 2. The van der Waals surface area contributed by atoms with Gasteiger partial charge in [-0.15, -0.1) is 0 Å². The van der Waals surface area contributed by atoms with Crippen LogP contribution < -0.4 is 9.79 Å². The molecule has 10 heteroatoms. The van der Waals surface area contributed by atoms with Crippen LogP contribution in [0.25, 0.3) is 0 Å². The Labute approximate surface area is 276 Å². The lowest BCUT2D eigenvalue weighted by Crippen LogP contribution is -2.32. The van der Waals surface area contributed by atoms with Crippen LogP contribution in [0, 0.1) is 11.8 Å². The summed E-state index contributed by atoms with van der Waals surface area (Å²) < 4.78 is 16.6. The molecule has 1 aliphatic heterocycles. The highest BCUT2D eigenvalue weighted by Gasteiger charge is 2.21. The maximum absolute atomic E-state index is 13.3. The number of carbonyl (C=O) groups is 3. The van der Waals surface area contributed by atoms with E-state index in [1.807, 2.05) is 48.5 Å². The van der Waals surface area contributed by atoms with Gasteiger partial charge in [0.1, 0.15) is 19.2 Å². The van der Waals surface area contributed by atoms with Gasteiger partial charge in [-0.05, 0) is 43.0 Å². The number of ketones is 2. The van der Waals surface area contributed by atoms with Gasteiger partial charge in [0.15, 0.2) is 0 Å². The first-order valence-corrected chi connectivity index (χ1v) is 20.0. The molecule has 1 unspecified atom stereocenters. The van der Waals surface area contributed by atoms with Gasteiger partial charge in [0.2, 0.25) is 5.91 Å². The van der Waals surface area contributed by atoms with E-state index in [1.54, 1.807) is 40.3 Å². The van der Waals surface area contributed by atoms with E-state index < -0.39 is 13.3 Å². The molecule has 0 bridgehead atoms. The molecule has 45 heavy (non-hydrogen) atoms. The molecule has 1 atom stereocenters. The van der Waals surface area contributed by atoms with Crippen molar-refractivity contribution >= 4 is 52.3 Å². The van der Waals surface area contributed by atoms with E-state index >= 15 is 0 Å². The normalized spacial score (nSPS) is 13.6. The number of amides is 1. The van der Waals surface area contributed by atoms with Crippen LogP contribution in [0.5, 0.6) is 0 Å². The van der Waals surface area contributed by atoms with Gasteiger partial charge in [-0.2, -0.15) is 0 Å². The monoisotopic (exact) mass is 670 g/mol. The number of hydrogen-bond acceptors (Lipinski definition) is 8. The lowest BCUT2D eigenvalue weighted by molar-refractivity contribution is -0.200. The van der Waals surface area contributed by atoms with E-state index in [-0.39, 0.29) is 36.9 Å². The Morgan fingerprint density at radius 2 is 1.42 bits per heavy atom. The number of carbonyl (C=O) groups excluding carboxylic acids is 3. The highest BCUT2D eigenvalue weighted by Crippen LogP contribution is 2.42. The Kier molecular flexibility index (Phi) is 16.5. The Hall–Kier alpha value is -2.34. The second-order valence-electron chi connectivity index (χ2n) is 11.5. The summed E-state index contributed by atoms with van der Waals surface area (Å²) in [6.07, 6.45) is 7.13. The summed E-state index contributed by atoms with van der Waals surface area (Å²) >= 11 is 0. The topological polar surface area (TPSA) is 104 Å². The van der Waals surface area contributed by atoms with Crippen LogP contribution in [0.1, 0.15) is 101 Å². The first-order chi connectivity index (χ1) is 21.7. The number of nitrogens with zero attached hydrogens (tertiary/aromatic N) is 1. The third-order valence-electron chi connectivity index (χ3n) is 7.53. The molecule has 7 nitrogen and oxygen atoms in total. The van der Waals surface area contributed by atoms with Crippen LogP contribution in [-0.4, -0.2) is 41.2 Å². The highest BCUT2D eigenvalue weighted by atomic mass is 33.1. The minimum atomic E-state index is -3.72. The quantitative estimate of drug-likeness (QED) is 0.0576. The van der Waals surface area contributed by atoms with E-state index in [9.17, 15) is 23.8 Å². The molecular formula is C35H45NO6PS2-. The largest absolute Gasteiger partial charge is 0.778 e. The zero-order chi connectivity index (χ0) is 32.5. The van der Waals surface area contributed by atoms with Crippen molar-refractivity contribution in [2.45, 2.75) is 96.7 Å². The average molecular weight is 671 g/mol. The minimum Gasteiger partial charge on any atom is -0.778 e. The Morgan fingerprint density at radius 3 is 2.22 bits per heavy atom.